The van der Waals surface area contributed by atoms with E-state index in [1.54, 1.807) is 6.07 Å². The predicted octanol–water partition coefficient (Wildman–Crippen LogP) is 3.55. The number of anilines is 1. The molecule has 0 aliphatic carbocycles. The molecule has 0 bridgehead atoms. The van der Waals surface area contributed by atoms with E-state index in [0.717, 1.165) is 19.4 Å². The van der Waals surface area contributed by atoms with Crippen LogP contribution in [0.15, 0.2) is 18.2 Å². The van der Waals surface area contributed by atoms with Crippen molar-refractivity contribution in [2.75, 3.05) is 11.9 Å². The number of nitrogens with zero attached hydrogens (tertiary/aromatic N) is 1. The summed E-state index contributed by atoms with van der Waals surface area (Å²) < 4.78 is 13.1. The summed E-state index contributed by atoms with van der Waals surface area (Å²) in [7, 11) is 0. The second-order valence-electron chi connectivity index (χ2n) is 4.30. The van der Waals surface area contributed by atoms with Crippen LogP contribution in [0.5, 0.6) is 0 Å². The molecular formula is C13H17FN2. The predicted molar refractivity (Wildman–Crippen MR) is 63.7 cm³/mol. The van der Waals surface area contributed by atoms with Gasteiger partial charge in [0, 0.05) is 12.2 Å². The Kier molecular flexibility index (Phi) is 4.78. The largest absolute Gasteiger partial charge is 0.385 e. The lowest BCUT2D eigenvalue weighted by atomic mass is 10.1. The standard InChI is InChI=1S/C13H17FN2/c1-10(2)4-3-5-16-13-7-11(9-15)6-12(14)8-13/h6-8,10,16H,3-5H2,1-2H3. The number of benzene rings is 1. The molecule has 1 rings (SSSR count). The highest BCUT2D eigenvalue weighted by atomic mass is 19.1. The normalized spacial score (nSPS) is 10.2. The Labute approximate surface area is 96.1 Å². The van der Waals surface area contributed by atoms with Crippen LogP contribution in [0, 0.1) is 23.1 Å². The maximum atomic E-state index is 13.1. The van der Waals surface area contributed by atoms with Crippen LogP contribution in [0.1, 0.15) is 32.3 Å². The van der Waals surface area contributed by atoms with Gasteiger partial charge in [-0.2, -0.15) is 5.26 Å². The maximum Gasteiger partial charge on any atom is 0.126 e. The minimum Gasteiger partial charge on any atom is -0.385 e. The highest BCUT2D eigenvalue weighted by molar-refractivity contribution is 5.49. The monoisotopic (exact) mass is 220 g/mol. The van der Waals surface area contributed by atoms with Crippen molar-refractivity contribution in [2.45, 2.75) is 26.7 Å². The van der Waals surface area contributed by atoms with E-state index in [1.807, 2.05) is 6.07 Å². The van der Waals surface area contributed by atoms with Crippen molar-refractivity contribution in [1.29, 1.82) is 5.26 Å². The van der Waals surface area contributed by atoms with Crippen molar-refractivity contribution in [3.8, 4) is 6.07 Å². The number of hydrogen-bond donors (Lipinski definition) is 1. The van der Waals surface area contributed by atoms with Crippen LogP contribution in [0.25, 0.3) is 0 Å². The smallest absolute Gasteiger partial charge is 0.126 e. The molecule has 1 aromatic rings. The molecule has 1 N–H and O–H groups in total. The zero-order chi connectivity index (χ0) is 12.0. The summed E-state index contributed by atoms with van der Waals surface area (Å²) >= 11 is 0. The lowest BCUT2D eigenvalue weighted by molar-refractivity contribution is 0.567. The van der Waals surface area contributed by atoms with Crippen molar-refractivity contribution in [1.82, 2.24) is 0 Å². The van der Waals surface area contributed by atoms with Crippen molar-refractivity contribution >= 4 is 5.69 Å². The van der Waals surface area contributed by atoms with Gasteiger partial charge < -0.3 is 5.32 Å². The van der Waals surface area contributed by atoms with Crippen LogP contribution >= 0.6 is 0 Å². The van der Waals surface area contributed by atoms with Crippen LogP contribution < -0.4 is 5.32 Å². The summed E-state index contributed by atoms with van der Waals surface area (Å²) in [5.74, 6) is 0.314. The lowest BCUT2D eigenvalue weighted by Gasteiger charge is -2.08. The van der Waals surface area contributed by atoms with E-state index in [4.69, 9.17) is 5.26 Å². The van der Waals surface area contributed by atoms with E-state index in [2.05, 4.69) is 19.2 Å². The van der Waals surface area contributed by atoms with Gasteiger partial charge in [0.15, 0.2) is 0 Å². The number of halogens is 1. The van der Waals surface area contributed by atoms with Gasteiger partial charge in [-0.25, -0.2) is 4.39 Å². The lowest BCUT2D eigenvalue weighted by Crippen LogP contribution is -2.03. The zero-order valence-electron chi connectivity index (χ0n) is 9.76. The Bertz CT molecular complexity index is 380. The van der Waals surface area contributed by atoms with Gasteiger partial charge in [-0.05, 0) is 37.0 Å². The van der Waals surface area contributed by atoms with Gasteiger partial charge in [0.1, 0.15) is 5.82 Å². The molecule has 0 aliphatic heterocycles. The van der Waals surface area contributed by atoms with Gasteiger partial charge in [-0.3, -0.25) is 0 Å². The van der Waals surface area contributed by atoms with Crippen LogP contribution in [-0.4, -0.2) is 6.54 Å². The third-order valence-corrected chi connectivity index (χ3v) is 2.31. The van der Waals surface area contributed by atoms with Crippen molar-refractivity contribution in [3.63, 3.8) is 0 Å². The van der Waals surface area contributed by atoms with Gasteiger partial charge >= 0.3 is 0 Å². The molecule has 0 radical (unpaired) electrons. The molecule has 0 atom stereocenters. The molecule has 86 valence electrons. The first kappa shape index (κ1) is 12.5. The molecule has 3 heteroatoms. The molecule has 0 aliphatic rings. The molecule has 0 aromatic heterocycles. The minimum atomic E-state index is -0.370. The van der Waals surface area contributed by atoms with E-state index in [1.165, 1.54) is 12.1 Å². The number of hydrogen-bond acceptors (Lipinski definition) is 2. The van der Waals surface area contributed by atoms with Crippen LogP contribution in [-0.2, 0) is 0 Å². The third kappa shape index (κ3) is 4.31. The highest BCUT2D eigenvalue weighted by Crippen LogP contribution is 2.14. The minimum absolute atomic E-state index is 0.353. The van der Waals surface area contributed by atoms with Gasteiger partial charge in [0.25, 0.3) is 0 Å². The van der Waals surface area contributed by atoms with E-state index >= 15 is 0 Å². The Morgan fingerprint density at radius 3 is 2.75 bits per heavy atom. The first-order chi connectivity index (χ1) is 7.61. The quantitative estimate of drug-likeness (QED) is 0.770. The van der Waals surface area contributed by atoms with Gasteiger partial charge in [-0.15, -0.1) is 0 Å². The third-order valence-electron chi connectivity index (χ3n) is 2.31. The summed E-state index contributed by atoms with van der Waals surface area (Å²) in [6.07, 6.45) is 2.20. The molecular weight excluding hydrogens is 203 g/mol. The van der Waals surface area contributed by atoms with E-state index in [-0.39, 0.29) is 5.82 Å². The summed E-state index contributed by atoms with van der Waals surface area (Å²) in [5.41, 5.74) is 1.03. The Hall–Kier alpha value is -1.56. The van der Waals surface area contributed by atoms with Crippen LogP contribution in [0.3, 0.4) is 0 Å². The maximum absolute atomic E-state index is 13.1. The molecule has 0 fully saturated rings. The van der Waals surface area contributed by atoms with Crippen LogP contribution in [0.2, 0.25) is 0 Å². The van der Waals surface area contributed by atoms with Crippen LogP contribution in [0.4, 0.5) is 10.1 Å². The fourth-order valence-corrected chi connectivity index (χ4v) is 1.50. The first-order valence-electron chi connectivity index (χ1n) is 5.56. The van der Waals surface area contributed by atoms with Gasteiger partial charge in [0.05, 0.1) is 11.6 Å². The summed E-state index contributed by atoms with van der Waals surface area (Å²) in [5, 5.41) is 11.8. The average Bonchev–Trinajstić information content (AvgIpc) is 2.23. The average molecular weight is 220 g/mol. The summed E-state index contributed by atoms with van der Waals surface area (Å²) in [6.45, 7) is 5.17. The zero-order valence-corrected chi connectivity index (χ0v) is 9.76. The first-order valence-corrected chi connectivity index (χ1v) is 5.56. The second kappa shape index (κ2) is 6.12. The summed E-state index contributed by atoms with van der Waals surface area (Å²) in [4.78, 5) is 0. The number of rotatable bonds is 5. The van der Waals surface area contributed by atoms with Crippen molar-refractivity contribution in [3.05, 3.63) is 29.6 Å². The Balaban J connectivity index is 2.48. The SMILES string of the molecule is CC(C)CCCNc1cc(F)cc(C#N)c1. The highest BCUT2D eigenvalue weighted by Gasteiger charge is 2.00. The molecule has 0 saturated carbocycles. The van der Waals surface area contributed by atoms with E-state index < -0.39 is 0 Å². The van der Waals surface area contributed by atoms with E-state index in [9.17, 15) is 4.39 Å². The van der Waals surface area contributed by atoms with Gasteiger partial charge in [-0.1, -0.05) is 13.8 Å². The molecule has 1 aromatic carbocycles. The summed E-state index contributed by atoms with van der Waals surface area (Å²) in [6, 6.07) is 6.25. The Morgan fingerprint density at radius 1 is 1.38 bits per heavy atom. The molecule has 0 spiro atoms. The molecule has 2 nitrogen and oxygen atoms in total. The Morgan fingerprint density at radius 2 is 2.12 bits per heavy atom. The van der Waals surface area contributed by atoms with Gasteiger partial charge in [0.2, 0.25) is 0 Å². The molecule has 0 unspecified atom stereocenters. The molecule has 0 saturated heterocycles. The molecule has 0 amide bonds. The van der Waals surface area contributed by atoms with E-state index in [0.29, 0.717) is 17.2 Å². The topological polar surface area (TPSA) is 35.8 Å². The van der Waals surface area contributed by atoms with Crippen molar-refractivity contribution < 1.29 is 4.39 Å². The van der Waals surface area contributed by atoms with Crippen molar-refractivity contribution in [2.24, 2.45) is 5.92 Å². The fraction of sp³-hybridized carbons (Fsp3) is 0.462. The second-order valence-corrected chi connectivity index (χ2v) is 4.30. The fourth-order valence-electron chi connectivity index (χ4n) is 1.50. The molecule has 16 heavy (non-hydrogen) atoms. The number of nitrogens with one attached hydrogen (secondary N) is 1. The molecule has 0 heterocycles. The number of nitriles is 1.